The third kappa shape index (κ3) is 20.5. The summed E-state index contributed by atoms with van der Waals surface area (Å²) in [6.45, 7) is 1.32. The van der Waals surface area contributed by atoms with Crippen molar-refractivity contribution in [2.45, 2.75) is 133 Å². The second-order valence-electron chi connectivity index (χ2n) is 19.4. The maximum Gasteiger partial charge on any atom is 0.243 e. The molecule has 2 heterocycles. The van der Waals surface area contributed by atoms with Crippen LogP contribution in [0.15, 0.2) is 58.6 Å². The van der Waals surface area contributed by atoms with E-state index in [1.54, 1.807) is 24.4 Å². The van der Waals surface area contributed by atoms with E-state index in [1.807, 2.05) is 24.3 Å². The Morgan fingerprint density at radius 2 is 1.41 bits per heavy atom. The molecule has 0 unspecified atom stereocenters. The van der Waals surface area contributed by atoms with E-state index in [1.165, 1.54) is 21.1 Å². The number of para-hydroxylation sites is 1. The molecule has 25 heteroatoms. The molecular formula is C53H78N14O11. The summed E-state index contributed by atoms with van der Waals surface area (Å²) in [4.78, 5) is 137. The Balaban J connectivity index is 1.81. The summed E-state index contributed by atoms with van der Waals surface area (Å²) >= 11 is 0. The Labute approximate surface area is 453 Å². The van der Waals surface area contributed by atoms with Gasteiger partial charge < -0.3 is 75.4 Å². The third-order valence-electron chi connectivity index (χ3n) is 13.4. The lowest BCUT2D eigenvalue weighted by Crippen LogP contribution is -2.58. The summed E-state index contributed by atoms with van der Waals surface area (Å²) in [5.41, 5.74) is 36.0. The number of aliphatic imine (C=N–C) groups is 2. The monoisotopic (exact) mass is 1090 g/mol. The predicted octanol–water partition coefficient (Wildman–Crippen LogP) is -0.570. The normalized spacial score (nSPS) is 21.0. The van der Waals surface area contributed by atoms with Gasteiger partial charge in [0.05, 0.1) is 20.3 Å². The molecule has 0 radical (unpaired) electrons. The molecule has 0 bridgehead atoms. The fraction of sp³-hybridized carbons (Fsp3) is 0.528. The summed E-state index contributed by atoms with van der Waals surface area (Å²) in [5.74, 6) is -7.62. The number of rotatable bonds is 20. The SMILES string of the molecule is COc1ccc(C[C@H]2NC(=O)[C@H](CCN)NC(=O)[C@@H](NC(=O)[C@H](CCCN=C(N)N)NC(C)=O)CCC(=O)CCCC[C@@H](C(N)=O)NC(=O)[C@H](Cc3c[nH]c4ccccc34)CC(=O)[C@H](CCCN=C(N)N)CC2=O)cc1OC. The molecule has 0 saturated carbocycles. The number of hydrogen-bond acceptors (Lipinski definition) is 14. The van der Waals surface area contributed by atoms with Crippen LogP contribution in [-0.2, 0) is 56.0 Å². The highest BCUT2D eigenvalue weighted by molar-refractivity contribution is 5.98. The van der Waals surface area contributed by atoms with E-state index in [9.17, 15) is 43.2 Å². The smallest absolute Gasteiger partial charge is 0.243 e. The number of ketones is 3. The van der Waals surface area contributed by atoms with Gasteiger partial charge in [0.15, 0.2) is 29.2 Å². The van der Waals surface area contributed by atoms with Crippen LogP contribution in [0.3, 0.4) is 0 Å². The Kier molecular flexibility index (Phi) is 25.5. The summed E-state index contributed by atoms with van der Waals surface area (Å²) in [5, 5.41) is 14.2. The Morgan fingerprint density at radius 3 is 2.08 bits per heavy atom. The number of nitrogens with zero attached hydrogens (tertiary/aromatic N) is 2. The van der Waals surface area contributed by atoms with E-state index < -0.39 is 95.5 Å². The average molecular weight is 1090 g/mol. The molecule has 4 rings (SSSR count). The van der Waals surface area contributed by atoms with Crippen molar-refractivity contribution in [3.63, 3.8) is 0 Å². The first-order chi connectivity index (χ1) is 37.2. The average Bonchev–Trinajstić information content (AvgIpc) is 3.80. The highest BCUT2D eigenvalue weighted by Crippen LogP contribution is 2.30. The number of nitrogens with two attached hydrogens (primary N) is 6. The van der Waals surface area contributed by atoms with E-state index in [4.69, 9.17) is 43.9 Å². The minimum absolute atomic E-state index is 0.0169. The van der Waals surface area contributed by atoms with Crippen molar-refractivity contribution in [3.8, 4) is 11.5 Å². The minimum Gasteiger partial charge on any atom is -0.493 e. The summed E-state index contributed by atoms with van der Waals surface area (Å²) in [6, 6.07) is 5.79. The number of Topliss-reactive ketones (excluding diaryl/α,β-unsaturated/α-hetero) is 3. The zero-order chi connectivity index (χ0) is 57.3. The molecule has 0 aliphatic carbocycles. The second kappa shape index (κ2) is 31.8. The number of aromatic amines is 1. The van der Waals surface area contributed by atoms with E-state index in [2.05, 4.69) is 41.6 Å². The number of guanidine groups is 2. The zero-order valence-electron chi connectivity index (χ0n) is 44.7. The molecule has 426 valence electrons. The van der Waals surface area contributed by atoms with Gasteiger partial charge in [0.2, 0.25) is 35.4 Å². The van der Waals surface area contributed by atoms with Gasteiger partial charge in [-0.1, -0.05) is 30.7 Å². The van der Waals surface area contributed by atoms with Crippen LogP contribution in [0.25, 0.3) is 10.9 Å². The fourth-order valence-corrected chi connectivity index (χ4v) is 9.24. The number of hydrogen-bond donors (Lipinski definition) is 12. The number of benzene rings is 2. The van der Waals surface area contributed by atoms with Crippen molar-refractivity contribution in [2.75, 3.05) is 33.9 Å². The first kappa shape index (κ1) is 62.4. The number of aromatic nitrogens is 1. The number of ether oxygens (including phenoxy) is 2. The Morgan fingerprint density at radius 1 is 0.731 bits per heavy atom. The van der Waals surface area contributed by atoms with Crippen LogP contribution >= 0.6 is 0 Å². The van der Waals surface area contributed by atoms with Crippen LogP contribution < -0.4 is 70.5 Å². The molecule has 7 atom stereocenters. The number of fused-ring (bicyclic) bond motifs is 1. The number of methoxy groups -OCH3 is 2. The lowest BCUT2D eigenvalue weighted by Gasteiger charge is -2.27. The van der Waals surface area contributed by atoms with Gasteiger partial charge >= 0.3 is 0 Å². The molecule has 78 heavy (non-hydrogen) atoms. The predicted molar refractivity (Wildman–Crippen MR) is 292 cm³/mol. The van der Waals surface area contributed by atoms with E-state index in [0.29, 0.717) is 17.1 Å². The molecule has 1 saturated heterocycles. The molecule has 1 aliphatic rings. The molecule has 18 N–H and O–H groups in total. The first-order valence-electron chi connectivity index (χ1n) is 26.1. The molecular weight excluding hydrogens is 1010 g/mol. The zero-order valence-corrected chi connectivity index (χ0v) is 44.7. The number of H-pyrrole nitrogens is 1. The summed E-state index contributed by atoms with van der Waals surface area (Å²) < 4.78 is 10.9. The summed E-state index contributed by atoms with van der Waals surface area (Å²) in [6.07, 6.45) is 1.41. The van der Waals surface area contributed by atoms with Gasteiger partial charge in [-0.2, -0.15) is 0 Å². The minimum atomic E-state index is -1.44. The van der Waals surface area contributed by atoms with Crippen LogP contribution in [0.5, 0.6) is 11.5 Å². The Hall–Kier alpha value is -8.09. The Bertz CT molecular complexity index is 2630. The maximum atomic E-state index is 14.9. The van der Waals surface area contributed by atoms with Crippen LogP contribution in [-0.4, -0.2) is 134 Å². The van der Waals surface area contributed by atoms with Crippen molar-refractivity contribution < 1.29 is 52.6 Å². The van der Waals surface area contributed by atoms with Gasteiger partial charge in [0, 0.05) is 74.6 Å². The summed E-state index contributed by atoms with van der Waals surface area (Å²) in [7, 11) is 2.88. The molecule has 2 aromatic carbocycles. The molecule has 1 fully saturated rings. The van der Waals surface area contributed by atoms with E-state index in [0.717, 1.165) is 16.5 Å². The van der Waals surface area contributed by atoms with Crippen LogP contribution in [0.4, 0.5) is 0 Å². The van der Waals surface area contributed by atoms with Crippen molar-refractivity contribution in [1.29, 1.82) is 0 Å². The van der Waals surface area contributed by atoms with Crippen LogP contribution in [0.2, 0.25) is 0 Å². The van der Waals surface area contributed by atoms with E-state index in [-0.39, 0.29) is 127 Å². The van der Waals surface area contributed by atoms with Gasteiger partial charge in [0.25, 0.3) is 0 Å². The highest BCUT2D eigenvalue weighted by Gasteiger charge is 2.35. The molecule has 3 aromatic rings. The fourth-order valence-electron chi connectivity index (χ4n) is 9.24. The standard InChI is InChI=1S/C53H78N14O11/c1-30(68)63-39(15-9-23-61-53(58)59)49(74)65-40-18-17-35(69)11-4-6-14-38(47(55)72)64-48(73)33(26-34-29-62-37-13-7-5-12-36(34)37)28-43(70)32(10-8-22-60-52(56)57)27-44(71)42(67-51(76)41(20-21-54)66-50(40)75)24-31-16-19-45(77-2)46(25-31)78-3/h5,7,12-13,16,19,25,29,32-33,38-42,62H,4,6,8-11,14-15,17-18,20-24,26-28,54H2,1-3H3,(H2,55,72)(H,63,68)(H,64,73)(H,65,74)(H,66,75)(H,67,76)(H4,56,57,60)(H4,58,59,61)/t32-,33-,38+,39+,40+,41+,42-/m1/s1. The lowest BCUT2D eigenvalue weighted by atomic mass is 9.83. The number of amides is 6. The van der Waals surface area contributed by atoms with Crippen molar-refractivity contribution in [3.05, 3.63) is 59.8 Å². The van der Waals surface area contributed by atoms with E-state index >= 15 is 0 Å². The quantitative estimate of drug-likeness (QED) is 0.0383. The largest absolute Gasteiger partial charge is 0.493 e. The number of primary amides is 1. The van der Waals surface area contributed by atoms with Gasteiger partial charge in [0.1, 0.15) is 35.7 Å². The third-order valence-corrected chi connectivity index (χ3v) is 13.4. The molecule has 0 spiro atoms. The van der Waals surface area contributed by atoms with Crippen molar-refractivity contribution in [1.82, 2.24) is 31.6 Å². The molecule has 1 aromatic heterocycles. The lowest BCUT2D eigenvalue weighted by molar-refractivity contribution is -0.135. The number of nitrogens with one attached hydrogen (secondary N) is 6. The van der Waals surface area contributed by atoms with Gasteiger partial charge in [-0.25, -0.2) is 0 Å². The molecule has 6 amide bonds. The van der Waals surface area contributed by atoms with Crippen LogP contribution in [0, 0.1) is 11.8 Å². The van der Waals surface area contributed by atoms with Gasteiger partial charge in [-0.3, -0.25) is 53.1 Å². The molecule has 1 aliphatic heterocycles. The van der Waals surface area contributed by atoms with Crippen LogP contribution in [0.1, 0.15) is 102 Å². The molecule has 25 nitrogen and oxygen atoms in total. The maximum absolute atomic E-state index is 14.9. The van der Waals surface area contributed by atoms with Gasteiger partial charge in [-0.15, -0.1) is 0 Å². The number of carbonyl (C=O) groups is 9. The highest BCUT2D eigenvalue weighted by atomic mass is 16.5. The number of carbonyl (C=O) groups excluding carboxylic acids is 9. The first-order valence-corrected chi connectivity index (χ1v) is 26.1. The van der Waals surface area contributed by atoms with Gasteiger partial charge in [-0.05, 0) is 100 Å². The second-order valence-corrected chi connectivity index (χ2v) is 19.4. The van der Waals surface area contributed by atoms with Crippen molar-refractivity contribution >= 4 is 75.6 Å². The topological polar surface area (TPSA) is 429 Å². The van der Waals surface area contributed by atoms with Crippen molar-refractivity contribution in [2.24, 2.45) is 56.2 Å².